The molecule has 0 amide bonds. The van der Waals surface area contributed by atoms with Gasteiger partial charge in [-0.2, -0.15) is 0 Å². The van der Waals surface area contributed by atoms with E-state index >= 15 is 0 Å². The molecule has 3 rings (SSSR count). The maximum absolute atomic E-state index is 4.83. The number of hydrogen-bond acceptors (Lipinski definition) is 2. The maximum Gasteiger partial charge on any atom is 0.0736 e. The van der Waals surface area contributed by atoms with Crippen LogP contribution in [-0.2, 0) is 0 Å². The molecule has 0 radical (unpaired) electrons. The predicted molar refractivity (Wildman–Crippen MR) is 75.7 cm³/mol. The normalized spacial score (nSPS) is 27.3. The van der Waals surface area contributed by atoms with Crippen molar-refractivity contribution in [3.63, 3.8) is 0 Å². The number of nitrogens with zero attached hydrogens (tertiary/aromatic N) is 2. The Morgan fingerprint density at radius 1 is 1.11 bits per heavy atom. The third-order valence-electron chi connectivity index (χ3n) is 4.17. The zero-order chi connectivity index (χ0) is 12.4. The molecule has 0 N–H and O–H groups in total. The molecule has 0 bridgehead atoms. The minimum atomic E-state index is 0.660. The molecule has 1 aliphatic carbocycles. The molecule has 1 fully saturated rings. The highest BCUT2D eigenvalue weighted by Gasteiger charge is 2.19. The summed E-state index contributed by atoms with van der Waals surface area (Å²) in [4.78, 5) is 8.84. The fraction of sp³-hybridized carbons (Fsp3) is 0.500. The van der Waals surface area contributed by atoms with Crippen LogP contribution in [0.2, 0.25) is 0 Å². The van der Waals surface area contributed by atoms with E-state index in [0.29, 0.717) is 5.92 Å². The molecular formula is C16H20N2. The first-order valence-electron chi connectivity index (χ1n) is 7.03. The molecule has 1 aromatic heterocycles. The van der Waals surface area contributed by atoms with Crippen molar-refractivity contribution in [3.8, 4) is 0 Å². The van der Waals surface area contributed by atoms with E-state index in [-0.39, 0.29) is 0 Å². The highest BCUT2D eigenvalue weighted by Crippen LogP contribution is 2.33. The van der Waals surface area contributed by atoms with Crippen molar-refractivity contribution in [2.75, 3.05) is 0 Å². The number of rotatable bonds is 2. The van der Waals surface area contributed by atoms with Crippen LogP contribution in [0.15, 0.2) is 29.4 Å². The molecule has 0 aromatic carbocycles. The van der Waals surface area contributed by atoms with Crippen molar-refractivity contribution in [2.45, 2.75) is 44.9 Å². The number of allylic oxidation sites excluding steroid dienone is 1. The van der Waals surface area contributed by atoms with Gasteiger partial charge in [-0.15, -0.1) is 0 Å². The molecule has 2 heteroatoms. The van der Waals surface area contributed by atoms with Gasteiger partial charge in [0.2, 0.25) is 0 Å². The number of aliphatic imine (C=N–C) groups is 1. The van der Waals surface area contributed by atoms with Gasteiger partial charge in [-0.05, 0) is 30.9 Å². The molecule has 2 aliphatic rings. The first kappa shape index (κ1) is 11.6. The summed E-state index contributed by atoms with van der Waals surface area (Å²) in [5.74, 6) is 1.55. The smallest absolute Gasteiger partial charge is 0.0736 e. The van der Waals surface area contributed by atoms with Crippen molar-refractivity contribution in [1.29, 1.82) is 0 Å². The van der Waals surface area contributed by atoms with E-state index in [0.717, 1.165) is 11.6 Å². The van der Waals surface area contributed by atoms with Crippen LogP contribution >= 0.6 is 0 Å². The lowest BCUT2D eigenvalue weighted by Crippen LogP contribution is -2.04. The minimum Gasteiger partial charge on any atom is -0.263 e. The Morgan fingerprint density at radius 2 is 2.00 bits per heavy atom. The zero-order valence-corrected chi connectivity index (χ0v) is 11.0. The summed E-state index contributed by atoms with van der Waals surface area (Å²) in [6, 6.07) is 6.42. The van der Waals surface area contributed by atoms with Gasteiger partial charge in [-0.1, -0.05) is 32.3 Å². The average molecular weight is 240 g/mol. The Bertz CT molecular complexity index is 488. The monoisotopic (exact) mass is 240 g/mol. The van der Waals surface area contributed by atoms with E-state index < -0.39 is 0 Å². The van der Waals surface area contributed by atoms with Crippen LogP contribution < -0.4 is 0 Å². The van der Waals surface area contributed by atoms with Gasteiger partial charge >= 0.3 is 0 Å². The molecule has 1 aliphatic heterocycles. The molecular weight excluding hydrogens is 220 g/mol. The van der Waals surface area contributed by atoms with Crippen molar-refractivity contribution in [2.24, 2.45) is 10.9 Å². The van der Waals surface area contributed by atoms with Crippen LogP contribution in [-0.4, -0.2) is 11.2 Å². The number of aromatic nitrogens is 1. The predicted octanol–water partition coefficient (Wildman–Crippen LogP) is 4.19. The largest absolute Gasteiger partial charge is 0.263 e. The van der Waals surface area contributed by atoms with Gasteiger partial charge in [0.1, 0.15) is 0 Å². The van der Waals surface area contributed by atoms with Crippen LogP contribution in [0.25, 0.3) is 5.57 Å². The highest BCUT2D eigenvalue weighted by atomic mass is 14.8. The summed E-state index contributed by atoms with van der Waals surface area (Å²) in [5, 5.41) is 0. The molecule has 94 valence electrons. The maximum atomic E-state index is 4.83. The first-order valence-corrected chi connectivity index (χ1v) is 7.03. The lowest BCUT2D eigenvalue weighted by molar-refractivity contribution is 0.498. The fourth-order valence-corrected chi connectivity index (χ4v) is 2.90. The van der Waals surface area contributed by atoms with Gasteiger partial charge in [0.25, 0.3) is 0 Å². The quantitative estimate of drug-likeness (QED) is 0.711. The van der Waals surface area contributed by atoms with Crippen LogP contribution in [0.1, 0.15) is 56.3 Å². The van der Waals surface area contributed by atoms with Crippen molar-refractivity contribution < 1.29 is 0 Å². The summed E-state index contributed by atoms with van der Waals surface area (Å²) in [7, 11) is 0. The lowest BCUT2D eigenvalue weighted by Gasteiger charge is -2.15. The fourth-order valence-electron chi connectivity index (χ4n) is 2.90. The molecule has 2 atom stereocenters. The number of pyridine rings is 1. The topological polar surface area (TPSA) is 25.2 Å². The second kappa shape index (κ2) is 5.05. The van der Waals surface area contributed by atoms with Crippen LogP contribution in [0, 0.1) is 5.92 Å². The Labute approximate surface area is 109 Å². The highest BCUT2D eigenvalue weighted by molar-refractivity contribution is 6.13. The second-order valence-electron chi connectivity index (χ2n) is 5.62. The average Bonchev–Trinajstić information content (AvgIpc) is 2.52. The Kier molecular flexibility index (Phi) is 3.26. The van der Waals surface area contributed by atoms with E-state index in [9.17, 15) is 0 Å². The van der Waals surface area contributed by atoms with E-state index in [1.165, 1.54) is 43.4 Å². The zero-order valence-electron chi connectivity index (χ0n) is 11.0. The summed E-state index contributed by atoms with van der Waals surface area (Å²) < 4.78 is 0. The Hall–Kier alpha value is -1.44. The van der Waals surface area contributed by atoms with Crippen molar-refractivity contribution in [3.05, 3.63) is 35.8 Å². The van der Waals surface area contributed by atoms with Gasteiger partial charge in [0.05, 0.1) is 5.69 Å². The van der Waals surface area contributed by atoms with E-state index in [1.807, 2.05) is 12.4 Å². The van der Waals surface area contributed by atoms with Crippen LogP contribution in [0.4, 0.5) is 0 Å². The molecule has 1 aromatic rings. The van der Waals surface area contributed by atoms with Crippen molar-refractivity contribution >= 4 is 11.8 Å². The molecule has 2 heterocycles. The Balaban J connectivity index is 1.78. The third kappa shape index (κ3) is 2.38. The van der Waals surface area contributed by atoms with Gasteiger partial charge in [-0.25, -0.2) is 0 Å². The molecule has 0 saturated heterocycles. The Morgan fingerprint density at radius 3 is 2.78 bits per heavy atom. The minimum absolute atomic E-state index is 0.660. The standard InChI is InChI=1S/C16H20N2/c1-12-4-2-5-13(9-8-12)15-6-3-7-16(18-15)14-10-17-11-14/h3,6-7,10-13H,2,4-5,8-9H2,1H3. The van der Waals surface area contributed by atoms with Crippen molar-refractivity contribution in [1.82, 2.24) is 4.98 Å². The van der Waals surface area contributed by atoms with Crippen LogP contribution in [0.3, 0.4) is 0 Å². The lowest BCUT2D eigenvalue weighted by atomic mass is 9.95. The molecule has 1 saturated carbocycles. The number of hydrogen-bond donors (Lipinski definition) is 0. The molecule has 18 heavy (non-hydrogen) atoms. The second-order valence-corrected chi connectivity index (χ2v) is 5.62. The van der Waals surface area contributed by atoms with Crippen LogP contribution in [0.5, 0.6) is 0 Å². The summed E-state index contributed by atoms with van der Waals surface area (Å²) in [6.45, 7) is 2.38. The van der Waals surface area contributed by atoms with Gasteiger partial charge in [0.15, 0.2) is 0 Å². The molecule has 2 nitrogen and oxygen atoms in total. The molecule has 0 spiro atoms. The van der Waals surface area contributed by atoms with Gasteiger partial charge in [0, 0.05) is 29.6 Å². The van der Waals surface area contributed by atoms with E-state index in [2.05, 4.69) is 30.1 Å². The summed E-state index contributed by atoms with van der Waals surface area (Å²) in [6.07, 6.45) is 10.5. The summed E-state index contributed by atoms with van der Waals surface area (Å²) >= 11 is 0. The van der Waals surface area contributed by atoms with Gasteiger partial charge < -0.3 is 0 Å². The van der Waals surface area contributed by atoms with E-state index in [1.54, 1.807) is 0 Å². The van der Waals surface area contributed by atoms with E-state index in [4.69, 9.17) is 4.98 Å². The van der Waals surface area contributed by atoms with Gasteiger partial charge in [-0.3, -0.25) is 9.98 Å². The molecule has 2 unspecified atom stereocenters. The first-order chi connectivity index (χ1) is 8.83. The summed E-state index contributed by atoms with van der Waals surface area (Å²) in [5.41, 5.74) is 3.53. The third-order valence-corrected chi connectivity index (χ3v) is 4.17. The SMILES string of the molecule is CC1CCCC(c2cccc(C3=CN=C3)n2)CC1.